The maximum Gasteiger partial charge on any atom is 0.416 e. The summed E-state index contributed by atoms with van der Waals surface area (Å²) in [5.41, 5.74) is 0.301. The number of rotatable bonds is 8. The first-order valence-electron chi connectivity index (χ1n) is 11.2. The van der Waals surface area contributed by atoms with Crippen molar-refractivity contribution >= 4 is 5.96 Å². The number of aliphatic imine (C=N–C) groups is 1. The molecule has 0 aliphatic carbocycles. The molecular weight excluding hydrogens is 407 g/mol. The van der Waals surface area contributed by atoms with Gasteiger partial charge in [-0.15, -0.1) is 0 Å². The number of nitrogens with one attached hydrogen (secondary N) is 2. The highest BCUT2D eigenvalue weighted by Crippen LogP contribution is 2.29. The molecule has 31 heavy (non-hydrogen) atoms. The van der Waals surface area contributed by atoms with Crippen molar-refractivity contribution in [1.82, 2.24) is 20.4 Å². The smallest absolute Gasteiger partial charge is 0.379 e. The molecule has 0 amide bonds. The predicted octanol–water partition coefficient (Wildman–Crippen LogP) is 2.56. The summed E-state index contributed by atoms with van der Waals surface area (Å²) < 4.78 is 43.5. The molecule has 2 N–H and O–H groups in total. The summed E-state index contributed by atoms with van der Waals surface area (Å²) in [6.07, 6.45) is -2.29. The van der Waals surface area contributed by atoms with Gasteiger partial charge >= 0.3 is 6.18 Å². The second kappa shape index (κ2) is 11.7. The van der Waals surface area contributed by atoms with Crippen LogP contribution in [0.15, 0.2) is 29.3 Å². The quantitative estimate of drug-likeness (QED) is 0.369. The predicted molar refractivity (Wildman–Crippen MR) is 116 cm³/mol. The van der Waals surface area contributed by atoms with Crippen LogP contribution in [0.5, 0.6) is 0 Å². The molecule has 0 spiro atoms. The third-order valence-electron chi connectivity index (χ3n) is 5.65. The molecule has 2 aliphatic rings. The number of likely N-dealkylation sites (tertiary alicyclic amines) is 1. The Labute approximate surface area is 182 Å². The fourth-order valence-corrected chi connectivity index (χ4v) is 3.97. The summed E-state index contributed by atoms with van der Waals surface area (Å²) in [5.74, 6) is 0.839. The number of halogens is 3. The van der Waals surface area contributed by atoms with E-state index in [1.54, 1.807) is 12.1 Å². The summed E-state index contributed by atoms with van der Waals surface area (Å²) in [6, 6.07) is 5.75. The minimum atomic E-state index is -4.29. The van der Waals surface area contributed by atoms with Crippen LogP contribution >= 0.6 is 0 Å². The number of alkyl halides is 3. The summed E-state index contributed by atoms with van der Waals surface area (Å²) in [6.45, 7) is 10.7. The molecule has 2 fully saturated rings. The van der Waals surface area contributed by atoms with Gasteiger partial charge in [0.2, 0.25) is 0 Å². The maximum atomic E-state index is 12.7. The van der Waals surface area contributed by atoms with E-state index in [2.05, 4.69) is 27.4 Å². The van der Waals surface area contributed by atoms with Crippen molar-refractivity contribution in [3.63, 3.8) is 0 Å². The van der Waals surface area contributed by atoms with Crippen molar-refractivity contribution in [2.45, 2.75) is 38.5 Å². The van der Waals surface area contributed by atoms with Gasteiger partial charge in [-0.3, -0.25) is 14.8 Å². The summed E-state index contributed by atoms with van der Waals surface area (Å²) in [5, 5.41) is 6.83. The Kier molecular flexibility index (Phi) is 8.98. The number of guanidine groups is 1. The molecular formula is C22H34F3N5O. The van der Waals surface area contributed by atoms with Crippen LogP contribution in [0.25, 0.3) is 0 Å². The average Bonchev–Trinajstić information content (AvgIpc) is 3.18. The van der Waals surface area contributed by atoms with Crippen LogP contribution in [0, 0.1) is 0 Å². The second-order valence-electron chi connectivity index (χ2n) is 8.13. The number of ether oxygens (including phenoxy) is 1. The number of hydrogen-bond donors (Lipinski definition) is 2. The van der Waals surface area contributed by atoms with E-state index in [0.29, 0.717) is 6.54 Å². The molecule has 0 radical (unpaired) electrons. The number of hydrogen-bond acceptors (Lipinski definition) is 4. The molecule has 1 atom stereocenters. The van der Waals surface area contributed by atoms with Crippen molar-refractivity contribution < 1.29 is 17.9 Å². The van der Waals surface area contributed by atoms with E-state index in [0.717, 1.165) is 95.5 Å². The molecule has 1 aromatic carbocycles. The summed E-state index contributed by atoms with van der Waals surface area (Å²) in [4.78, 5) is 9.39. The molecule has 6 nitrogen and oxygen atoms in total. The molecule has 9 heteroatoms. The first-order valence-corrected chi connectivity index (χ1v) is 11.2. The van der Waals surface area contributed by atoms with E-state index < -0.39 is 11.7 Å². The first kappa shape index (κ1) is 23.8. The third-order valence-corrected chi connectivity index (χ3v) is 5.65. The highest BCUT2D eigenvalue weighted by Gasteiger charge is 2.30. The standard InChI is InChI=1S/C22H34F3N5O/c1-2-26-21(27-9-3-10-29-12-14-31-15-13-29)28-20-8-11-30(17-20)16-18-4-6-19(7-5-18)22(23,24)25/h4-7,20H,2-3,8-17H2,1H3,(H2,26,27,28). The zero-order valence-electron chi connectivity index (χ0n) is 18.3. The normalized spacial score (nSPS) is 21.4. The van der Waals surface area contributed by atoms with Crippen molar-refractivity contribution in [2.24, 2.45) is 4.99 Å². The SMILES string of the molecule is CCNC(=NCCCN1CCOCC1)NC1CCN(Cc2ccc(C(F)(F)F)cc2)C1. The summed E-state index contributed by atoms with van der Waals surface area (Å²) >= 11 is 0. The average molecular weight is 442 g/mol. The van der Waals surface area contributed by atoms with Gasteiger partial charge in [0, 0.05) is 58.4 Å². The lowest BCUT2D eigenvalue weighted by atomic mass is 10.1. The van der Waals surface area contributed by atoms with Gasteiger partial charge in [0.15, 0.2) is 5.96 Å². The van der Waals surface area contributed by atoms with E-state index in [1.807, 2.05) is 0 Å². The van der Waals surface area contributed by atoms with Gasteiger partial charge < -0.3 is 15.4 Å². The Hall–Kier alpha value is -1.84. The maximum absolute atomic E-state index is 12.7. The molecule has 2 saturated heterocycles. The van der Waals surface area contributed by atoms with Gasteiger partial charge in [-0.1, -0.05) is 12.1 Å². The highest BCUT2D eigenvalue weighted by atomic mass is 19.4. The van der Waals surface area contributed by atoms with Crippen molar-refractivity contribution in [1.29, 1.82) is 0 Å². The van der Waals surface area contributed by atoms with Crippen LogP contribution in [0.3, 0.4) is 0 Å². The molecule has 0 aromatic heterocycles. The van der Waals surface area contributed by atoms with E-state index in [1.165, 1.54) is 0 Å². The van der Waals surface area contributed by atoms with E-state index in [-0.39, 0.29) is 6.04 Å². The molecule has 1 unspecified atom stereocenters. The van der Waals surface area contributed by atoms with Gasteiger partial charge in [-0.2, -0.15) is 13.2 Å². The van der Waals surface area contributed by atoms with Crippen molar-refractivity contribution in [3.8, 4) is 0 Å². The Bertz CT molecular complexity index is 689. The highest BCUT2D eigenvalue weighted by molar-refractivity contribution is 5.80. The molecule has 3 rings (SSSR count). The van der Waals surface area contributed by atoms with Crippen LogP contribution < -0.4 is 10.6 Å². The molecule has 0 saturated carbocycles. The molecule has 2 heterocycles. The number of nitrogens with zero attached hydrogens (tertiary/aromatic N) is 3. The Morgan fingerprint density at radius 1 is 1.13 bits per heavy atom. The lowest BCUT2D eigenvalue weighted by Gasteiger charge is -2.26. The van der Waals surface area contributed by atoms with Gasteiger partial charge in [0.25, 0.3) is 0 Å². The Morgan fingerprint density at radius 2 is 1.87 bits per heavy atom. The third kappa shape index (κ3) is 7.97. The van der Waals surface area contributed by atoms with Crippen LogP contribution in [-0.4, -0.2) is 80.8 Å². The van der Waals surface area contributed by atoms with Crippen LogP contribution in [0.2, 0.25) is 0 Å². The molecule has 174 valence electrons. The van der Waals surface area contributed by atoms with Gasteiger partial charge in [0.05, 0.1) is 18.8 Å². The molecule has 2 aliphatic heterocycles. The van der Waals surface area contributed by atoms with Gasteiger partial charge in [0.1, 0.15) is 0 Å². The zero-order chi connectivity index (χ0) is 22.1. The lowest BCUT2D eigenvalue weighted by Crippen LogP contribution is -2.44. The molecule has 0 bridgehead atoms. The zero-order valence-corrected chi connectivity index (χ0v) is 18.3. The number of benzene rings is 1. The van der Waals surface area contributed by atoms with Crippen LogP contribution in [0.4, 0.5) is 13.2 Å². The van der Waals surface area contributed by atoms with Crippen LogP contribution in [0.1, 0.15) is 30.9 Å². The van der Waals surface area contributed by atoms with Crippen molar-refractivity contribution in [2.75, 3.05) is 59.0 Å². The fourth-order valence-electron chi connectivity index (χ4n) is 3.97. The minimum absolute atomic E-state index is 0.284. The van der Waals surface area contributed by atoms with E-state index >= 15 is 0 Å². The Balaban J connectivity index is 1.42. The second-order valence-corrected chi connectivity index (χ2v) is 8.13. The minimum Gasteiger partial charge on any atom is -0.379 e. The van der Waals surface area contributed by atoms with Crippen molar-refractivity contribution in [3.05, 3.63) is 35.4 Å². The lowest BCUT2D eigenvalue weighted by molar-refractivity contribution is -0.137. The Morgan fingerprint density at radius 3 is 2.55 bits per heavy atom. The largest absolute Gasteiger partial charge is 0.416 e. The first-order chi connectivity index (χ1) is 14.9. The fraction of sp³-hybridized carbons (Fsp3) is 0.682. The van der Waals surface area contributed by atoms with E-state index in [4.69, 9.17) is 9.73 Å². The number of morpholine rings is 1. The van der Waals surface area contributed by atoms with Crippen LogP contribution in [-0.2, 0) is 17.5 Å². The monoisotopic (exact) mass is 441 g/mol. The van der Waals surface area contributed by atoms with Gasteiger partial charge in [-0.25, -0.2) is 0 Å². The topological polar surface area (TPSA) is 52.1 Å². The van der Waals surface area contributed by atoms with E-state index in [9.17, 15) is 13.2 Å². The summed E-state index contributed by atoms with van der Waals surface area (Å²) in [7, 11) is 0. The molecule has 1 aromatic rings. The van der Waals surface area contributed by atoms with Gasteiger partial charge in [-0.05, 0) is 37.5 Å².